The zero-order chi connectivity index (χ0) is 17.8. The summed E-state index contributed by atoms with van der Waals surface area (Å²) in [6, 6.07) is 6.79. The van der Waals surface area contributed by atoms with Crippen molar-refractivity contribution in [3.63, 3.8) is 0 Å². The Morgan fingerprint density at radius 2 is 2.00 bits per heavy atom. The number of guanidine groups is 1. The van der Waals surface area contributed by atoms with Crippen LogP contribution in [0.25, 0.3) is 0 Å². The number of nitro benzene ring substituents is 1. The highest BCUT2D eigenvalue weighted by molar-refractivity contribution is 14.0. The van der Waals surface area contributed by atoms with E-state index in [1.54, 1.807) is 12.1 Å². The van der Waals surface area contributed by atoms with Gasteiger partial charge < -0.3 is 15.4 Å². The average molecular weight is 464 g/mol. The van der Waals surface area contributed by atoms with Crippen molar-refractivity contribution in [2.75, 3.05) is 19.8 Å². The molecule has 1 aromatic carbocycles. The van der Waals surface area contributed by atoms with Gasteiger partial charge in [-0.25, -0.2) is 4.99 Å². The van der Waals surface area contributed by atoms with E-state index >= 15 is 0 Å². The number of nitrogens with zero attached hydrogens (tertiary/aromatic N) is 2. The van der Waals surface area contributed by atoms with Crippen LogP contribution >= 0.6 is 24.0 Å². The van der Waals surface area contributed by atoms with E-state index in [4.69, 9.17) is 4.74 Å². The molecule has 0 amide bonds. The molecule has 1 unspecified atom stereocenters. The van der Waals surface area contributed by atoms with Crippen LogP contribution in [0.1, 0.15) is 39.2 Å². The van der Waals surface area contributed by atoms with Crippen molar-refractivity contribution in [2.45, 2.75) is 46.2 Å². The molecule has 1 rings (SSSR count). The lowest BCUT2D eigenvalue weighted by Crippen LogP contribution is -2.42. The number of halogens is 1. The lowest BCUT2D eigenvalue weighted by Gasteiger charge is -2.17. The van der Waals surface area contributed by atoms with Gasteiger partial charge in [-0.05, 0) is 32.3 Å². The van der Waals surface area contributed by atoms with Crippen molar-refractivity contribution in [3.05, 3.63) is 39.9 Å². The number of rotatable bonds is 10. The molecule has 25 heavy (non-hydrogen) atoms. The molecule has 2 N–H and O–H groups in total. The second-order valence-corrected chi connectivity index (χ2v) is 5.52. The van der Waals surface area contributed by atoms with E-state index in [0.717, 1.165) is 44.1 Å². The number of hydrogen-bond donors (Lipinski definition) is 2. The summed E-state index contributed by atoms with van der Waals surface area (Å²) in [4.78, 5) is 14.8. The van der Waals surface area contributed by atoms with Crippen LogP contribution in [-0.4, -0.2) is 36.7 Å². The summed E-state index contributed by atoms with van der Waals surface area (Å²) in [5.41, 5.74) is 1.02. The monoisotopic (exact) mass is 464 g/mol. The number of aliphatic imine (C=N–C) groups is 1. The topological polar surface area (TPSA) is 88.8 Å². The number of benzene rings is 1. The van der Waals surface area contributed by atoms with Gasteiger partial charge in [0.25, 0.3) is 5.69 Å². The van der Waals surface area contributed by atoms with E-state index in [2.05, 4.69) is 29.5 Å². The first-order valence-electron chi connectivity index (χ1n) is 8.42. The Kier molecular flexibility index (Phi) is 13.0. The van der Waals surface area contributed by atoms with Gasteiger partial charge in [0.2, 0.25) is 0 Å². The molecule has 142 valence electrons. The van der Waals surface area contributed by atoms with Crippen LogP contribution in [0.2, 0.25) is 0 Å². The summed E-state index contributed by atoms with van der Waals surface area (Å²) in [6.07, 6.45) is 1.91. The Morgan fingerprint density at radius 1 is 1.32 bits per heavy atom. The van der Waals surface area contributed by atoms with Gasteiger partial charge in [-0.1, -0.05) is 19.1 Å². The molecule has 7 nitrogen and oxygen atoms in total. The summed E-state index contributed by atoms with van der Waals surface area (Å²) in [7, 11) is 0. The summed E-state index contributed by atoms with van der Waals surface area (Å²) in [6.45, 7) is 8.89. The second kappa shape index (κ2) is 13.8. The van der Waals surface area contributed by atoms with E-state index in [9.17, 15) is 10.1 Å². The van der Waals surface area contributed by atoms with Crippen LogP contribution < -0.4 is 10.6 Å². The van der Waals surface area contributed by atoms with E-state index in [0.29, 0.717) is 12.6 Å². The maximum Gasteiger partial charge on any atom is 0.269 e. The summed E-state index contributed by atoms with van der Waals surface area (Å²) >= 11 is 0. The summed E-state index contributed by atoms with van der Waals surface area (Å²) in [5.74, 6) is 0.749. The minimum absolute atomic E-state index is 0. The fraction of sp³-hybridized carbons (Fsp3) is 0.588. The number of non-ortho nitro benzene ring substituents is 1. The Hall–Kier alpha value is -1.42. The van der Waals surface area contributed by atoms with Crippen LogP contribution in [0, 0.1) is 10.1 Å². The fourth-order valence-electron chi connectivity index (χ4n) is 1.91. The van der Waals surface area contributed by atoms with Crippen LogP contribution in [-0.2, 0) is 11.3 Å². The predicted molar refractivity (Wildman–Crippen MR) is 112 cm³/mol. The molecule has 0 aliphatic carbocycles. The average Bonchev–Trinajstić information content (AvgIpc) is 2.59. The van der Waals surface area contributed by atoms with Crippen molar-refractivity contribution in [1.82, 2.24) is 10.6 Å². The molecule has 0 aromatic heterocycles. The van der Waals surface area contributed by atoms with E-state index in [-0.39, 0.29) is 29.7 Å². The zero-order valence-electron chi connectivity index (χ0n) is 15.2. The molecule has 0 saturated carbocycles. The summed E-state index contributed by atoms with van der Waals surface area (Å²) < 4.78 is 5.32. The molecular weight excluding hydrogens is 435 g/mol. The molecule has 0 radical (unpaired) electrons. The smallest absolute Gasteiger partial charge is 0.269 e. The third-order valence-corrected chi connectivity index (χ3v) is 3.52. The van der Waals surface area contributed by atoms with Crippen LogP contribution in [0.3, 0.4) is 0 Å². The van der Waals surface area contributed by atoms with Gasteiger partial charge in [-0.15, -0.1) is 24.0 Å². The maximum atomic E-state index is 10.7. The highest BCUT2D eigenvalue weighted by atomic mass is 127. The Balaban J connectivity index is 0.00000576. The minimum Gasteiger partial charge on any atom is -0.382 e. The molecule has 1 aromatic rings. The lowest BCUT2D eigenvalue weighted by molar-refractivity contribution is -0.384. The highest BCUT2D eigenvalue weighted by Crippen LogP contribution is 2.12. The normalized spacial score (nSPS) is 12.2. The third kappa shape index (κ3) is 10.2. The van der Waals surface area contributed by atoms with Crippen molar-refractivity contribution in [1.29, 1.82) is 0 Å². The van der Waals surface area contributed by atoms with Crippen molar-refractivity contribution >= 4 is 35.6 Å². The van der Waals surface area contributed by atoms with E-state index in [1.807, 2.05) is 6.92 Å². The maximum absolute atomic E-state index is 10.7. The lowest BCUT2D eigenvalue weighted by atomic mass is 10.2. The Labute approximate surface area is 166 Å². The van der Waals surface area contributed by atoms with Gasteiger partial charge in [0.1, 0.15) is 0 Å². The molecular formula is C17H29IN4O3. The van der Waals surface area contributed by atoms with Crippen molar-refractivity contribution < 1.29 is 9.66 Å². The van der Waals surface area contributed by atoms with Gasteiger partial charge in [0, 0.05) is 37.9 Å². The SMILES string of the molecule is CCOCCCNC(=NCc1ccc([N+](=O)[O-])cc1)NC(C)CC.I. The Bertz CT molecular complexity index is 523. The molecule has 1 atom stereocenters. The van der Waals surface area contributed by atoms with Crippen molar-refractivity contribution in [2.24, 2.45) is 4.99 Å². The summed E-state index contributed by atoms with van der Waals surface area (Å²) in [5, 5.41) is 17.3. The standard InChI is InChI=1S/C17H28N4O3.HI/c1-4-14(3)20-17(18-11-6-12-24-5-2)19-13-15-7-9-16(10-8-15)21(22)23;/h7-10,14H,4-6,11-13H2,1-3H3,(H2,18,19,20);1H. The van der Waals surface area contributed by atoms with Gasteiger partial charge in [0.15, 0.2) is 5.96 Å². The van der Waals surface area contributed by atoms with Gasteiger partial charge in [0.05, 0.1) is 11.5 Å². The molecule has 0 aliphatic rings. The highest BCUT2D eigenvalue weighted by Gasteiger charge is 2.05. The second-order valence-electron chi connectivity index (χ2n) is 5.52. The number of ether oxygens (including phenoxy) is 1. The number of nitrogens with one attached hydrogen (secondary N) is 2. The van der Waals surface area contributed by atoms with E-state index < -0.39 is 4.92 Å². The number of hydrogen-bond acceptors (Lipinski definition) is 4. The first kappa shape index (κ1) is 23.6. The molecule has 8 heteroatoms. The van der Waals surface area contributed by atoms with Crippen molar-refractivity contribution in [3.8, 4) is 0 Å². The quantitative estimate of drug-likeness (QED) is 0.138. The van der Waals surface area contributed by atoms with E-state index in [1.165, 1.54) is 12.1 Å². The van der Waals surface area contributed by atoms with Crippen LogP contribution in [0.4, 0.5) is 5.69 Å². The molecule has 0 spiro atoms. The first-order chi connectivity index (χ1) is 11.6. The molecule has 0 bridgehead atoms. The Morgan fingerprint density at radius 3 is 2.56 bits per heavy atom. The fourth-order valence-corrected chi connectivity index (χ4v) is 1.91. The van der Waals surface area contributed by atoms with Gasteiger partial charge in [-0.2, -0.15) is 0 Å². The number of nitro groups is 1. The third-order valence-electron chi connectivity index (χ3n) is 3.52. The van der Waals surface area contributed by atoms with Gasteiger partial charge >= 0.3 is 0 Å². The molecule has 0 aliphatic heterocycles. The zero-order valence-corrected chi connectivity index (χ0v) is 17.5. The minimum atomic E-state index is -0.400. The van der Waals surface area contributed by atoms with Crippen LogP contribution in [0.15, 0.2) is 29.3 Å². The predicted octanol–water partition coefficient (Wildman–Crippen LogP) is 3.47. The molecule has 0 fully saturated rings. The molecule has 0 saturated heterocycles. The first-order valence-corrected chi connectivity index (χ1v) is 8.42. The molecule has 0 heterocycles. The largest absolute Gasteiger partial charge is 0.382 e. The van der Waals surface area contributed by atoms with Gasteiger partial charge in [-0.3, -0.25) is 10.1 Å². The van der Waals surface area contributed by atoms with Crippen LogP contribution in [0.5, 0.6) is 0 Å².